The predicted octanol–water partition coefficient (Wildman–Crippen LogP) is 3.46. The van der Waals surface area contributed by atoms with Crippen molar-refractivity contribution in [1.29, 1.82) is 0 Å². The van der Waals surface area contributed by atoms with Gasteiger partial charge in [0.15, 0.2) is 5.13 Å². The first-order chi connectivity index (χ1) is 13.1. The van der Waals surface area contributed by atoms with Crippen molar-refractivity contribution in [3.05, 3.63) is 41.2 Å². The Balaban J connectivity index is 1.30. The van der Waals surface area contributed by atoms with Gasteiger partial charge in [-0.05, 0) is 57.8 Å². The summed E-state index contributed by atoms with van der Waals surface area (Å²) in [5, 5.41) is 5.54. The first-order valence-electron chi connectivity index (χ1n) is 9.44. The quantitative estimate of drug-likeness (QED) is 0.733. The molecule has 0 aliphatic carbocycles. The highest BCUT2D eigenvalue weighted by atomic mass is 32.1. The number of likely N-dealkylation sites (tertiary alicyclic amines) is 1. The Bertz CT molecular complexity index is 939. The molecule has 27 heavy (non-hydrogen) atoms. The molecular weight excluding hydrogens is 358 g/mol. The van der Waals surface area contributed by atoms with E-state index < -0.39 is 0 Å². The average Bonchev–Trinajstić information content (AvgIpc) is 3.19. The lowest BCUT2D eigenvalue weighted by Gasteiger charge is -2.31. The van der Waals surface area contributed by atoms with E-state index >= 15 is 0 Å². The molecule has 6 nitrogen and oxygen atoms in total. The molecule has 1 amide bonds. The Kier molecular flexibility index (Phi) is 5.22. The molecule has 142 valence electrons. The molecule has 0 atom stereocenters. The maximum absolute atomic E-state index is 12.2. The molecule has 0 spiro atoms. The van der Waals surface area contributed by atoms with Crippen LogP contribution < -0.4 is 5.32 Å². The predicted molar refractivity (Wildman–Crippen MR) is 109 cm³/mol. The van der Waals surface area contributed by atoms with Crippen LogP contribution in [0.2, 0.25) is 0 Å². The summed E-state index contributed by atoms with van der Waals surface area (Å²) in [5.74, 6) is 1.73. The Hall–Kier alpha value is -2.25. The molecule has 0 saturated carbocycles. The van der Waals surface area contributed by atoms with E-state index in [1.165, 1.54) is 16.9 Å². The zero-order valence-corrected chi connectivity index (χ0v) is 16.6. The van der Waals surface area contributed by atoms with Crippen molar-refractivity contribution in [2.45, 2.75) is 33.2 Å². The van der Waals surface area contributed by atoms with E-state index in [2.05, 4.69) is 49.9 Å². The van der Waals surface area contributed by atoms with Gasteiger partial charge >= 0.3 is 0 Å². The number of fused-ring (bicyclic) bond motifs is 1. The first-order valence-corrected chi connectivity index (χ1v) is 10.3. The molecule has 1 saturated heterocycles. The third kappa shape index (κ3) is 4.20. The number of hydrogen-bond acceptors (Lipinski definition) is 5. The molecule has 1 N–H and O–H groups in total. The molecule has 1 aliphatic rings. The van der Waals surface area contributed by atoms with Crippen LogP contribution in [0.15, 0.2) is 29.6 Å². The Morgan fingerprint density at radius 1 is 1.22 bits per heavy atom. The smallest absolute Gasteiger partial charge is 0.240 e. The second kappa shape index (κ2) is 7.78. The fourth-order valence-electron chi connectivity index (χ4n) is 3.79. The topological polar surface area (TPSA) is 63.1 Å². The van der Waals surface area contributed by atoms with Gasteiger partial charge in [0.05, 0.1) is 23.3 Å². The van der Waals surface area contributed by atoms with Crippen LogP contribution in [-0.2, 0) is 11.3 Å². The SMILES string of the molecule is Cc1csc(NC(=O)CN2CCC(Cn3c(C)nc4ccccc43)CC2)n1. The van der Waals surface area contributed by atoms with E-state index in [4.69, 9.17) is 0 Å². The van der Waals surface area contributed by atoms with Gasteiger partial charge in [0.1, 0.15) is 5.82 Å². The van der Waals surface area contributed by atoms with E-state index in [-0.39, 0.29) is 5.91 Å². The summed E-state index contributed by atoms with van der Waals surface area (Å²) in [6.07, 6.45) is 2.21. The number of aromatic nitrogens is 3. The van der Waals surface area contributed by atoms with Gasteiger partial charge in [-0.15, -0.1) is 11.3 Å². The van der Waals surface area contributed by atoms with E-state index in [1.54, 1.807) is 0 Å². The summed E-state index contributed by atoms with van der Waals surface area (Å²) in [6.45, 7) is 7.38. The number of para-hydroxylation sites is 2. The maximum Gasteiger partial charge on any atom is 0.240 e. The molecule has 0 bridgehead atoms. The van der Waals surface area contributed by atoms with Crippen LogP contribution in [0.5, 0.6) is 0 Å². The summed E-state index contributed by atoms with van der Waals surface area (Å²) >= 11 is 1.47. The highest BCUT2D eigenvalue weighted by molar-refractivity contribution is 7.13. The molecule has 4 rings (SSSR count). The molecule has 3 heterocycles. The lowest BCUT2D eigenvalue weighted by Crippen LogP contribution is -2.40. The number of benzene rings is 1. The Labute approximate surface area is 163 Å². The third-order valence-electron chi connectivity index (χ3n) is 5.23. The number of anilines is 1. The number of nitrogens with one attached hydrogen (secondary N) is 1. The minimum absolute atomic E-state index is 0.0271. The number of piperidine rings is 1. The highest BCUT2D eigenvalue weighted by Crippen LogP contribution is 2.23. The number of aryl methyl sites for hydroxylation is 2. The standard InChI is InChI=1S/C20H25N5OS/c1-14-13-27-20(21-14)23-19(26)12-24-9-7-16(8-10-24)11-25-15(2)22-17-5-3-4-6-18(17)25/h3-6,13,16H,7-12H2,1-2H3,(H,21,23,26). The van der Waals surface area contributed by atoms with Crippen LogP contribution in [0.4, 0.5) is 5.13 Å². The number of hydrogen-bond donors (Lipinski definition) is 1. The van der Waals surface area contributed by atoms with E-state index in [9.17, 15) is 4.79 Å². The van der Waals surface area contributed by atoms with E-state index in [0.29, 0.717) is 17.6 Å². The van der Waals surface area contributed by atoms with Crippen molar-refractivity contribution < 1.29 is 4.79 Å². The first kappa shape index (κ1) is 18.1. The Morgan fingerprint density at radius 3 is 2.74 bits per heavy atom. The number of carbonyl (C=O) groups is 1. The van der Waals surface area contributed by atoms with Gasteiger partial charge in [0.2, 0.25) is 5.91 Å². The van der Waals surface area contributed by atoms with Crippen molar-refractivity contribution in [3.63, 3.8) is 0 Å². The summed E-state index contributed by atoms with van der Waals surface area (Å²) in [5.41, 5.74) is 3.23. The van der Waals surface area contributed by atoms with Crippen molar-refractivity contribution in [3.8, 4) is 0 Å². The van der Waals surface area contributed by atoms with Gasteiger partial charge in [-0.3, -0.25) is 9.69 Å². The van der Waals surface area contributed by atoms with Gasteiger partial charge in [-0.1, -0.05) is 12.1 Å². The van der Waals surface area contributed by atoms with Crippen LogP contribution in [0.1, 0.15) is 24.4 Å². The van der Waals surface area contributed by atoms with Crippen LogP contribution in [0, 0.1) is 19.8 Å². The molecular formula is C20H25N5OS. The lowest BCUT2D eigenvalue weighted by molar-refractivity contribution is -0.117. The zero-order chi connectivity index (χ0) is 18.8. The highest BCUT2D eigenvalue weighted by Gasteiger charge is 2.22. The van der Waals surface area contributed by atoms with Gasteiger partial charge in [-0.2, -0.15) is 0 Å². The second-order valence-electron chi connectivity index (χ2n) is 7.32. The molecule has 0 unspecified atom stereocenters. The number of rotatable bonds is 5. The normalized spacial score (nSPS) is 16.1. The monoisotopic (exact) mass is 383 g/mol. The number of imidazole rings is 1. The van der Waals surface area contributed by atoms with Gasteiger partial charge in [0, 0.05) is 11.9 Å². The number of thiazole rings is 1. The van der Waals surface area contributed by atoms with Crippen LogP contribution in [-0.4, -0.2) is 45.0 Å². The minimum atomic E-state index is 0.0271. The van der Waals surface area contributed by atoms with Crippen molar-refractivity contribution in [1.82, 2.24) is 19.4 Å². The van der Waals surface area contributed by atoms with Crippen molar-refractivity contribution in [2.24, 2.45) is 5.92 Å². The summed E-state index contributed by atoms with van der Waals surface area (Å²) < 4.78 is 2.34. The van der Waals surface area contributed by atoms with Crippen molar-refractivity contribution in [2.75, 3.05) is 25.0 Å². The average molecular weight is 384 g/mol. The molecule has 1 fully saturated rings. The van der Waals surface area contributed by atoms with Gasteiger partial charge in [0.25, 0.3) is 0 Å². The molecule has 1 aliphatic heterocycles. The lowest BCUT2D eigenvalue weighted by atomic mass is 9.96. The summed E-state index contributed by atoms with van der Waals surface area (Å²) in [4.78, 5) is 23.4. The van der Waals surface area contributed by atoms with E-state index in [1.807, 2.05) is 18.4 Å². The maximum atomic E-state index is 12.2. The molecule has 0 radical (unpaired) electrons. The molecule has 3 aromatic rings. The van der Waals surface area contributed by atoms with Crippen LogP contribution in [0.25, 0.3) is 11.0 Å². The summed E-state index contributed by atoms with van der Waals surface area (Å²) in [7, 11) is 0. The number of amides is 1. The van der Waals surface area contributed by atoms with Crippen molar-refractivity contribution >= 4 is 33.4 Å². The zero-order valence-electron chi connectivity index (χ0n) is 15.8. The fraction of sp³-hybridized carbons (Fsp3) is 0.450. The van der Waals surface area contributed by atoms with Crippen LogP contribution in [0.3, 0.4) is 0 Å². The third-order valence-corrected chi connectivity index (χ3v) is 6.10. The fourth-order valence-corrected chi connectivity index (χ4v) is 4.49. The Morgan fingerprint density at radius 2 is 2.00 bits per heavy atom. The summed E-state index contributed by atoms with van der Waals surface area (Å²) in [6, 6.07) is 8.33. The van der Waals surface area contributed by atoms with Gasteiger partial charge in [-0.25, -0.2) is 9.97 Å². The van der Waals surface area contributed by atoms with Crippen LogP contribution >= 0.6 is 11.3 Å². The molecule has 1 aromatic carbocycles. The second-order valence-corrected chi connectivity index (χ2v) is 8.18. The number of nitrogens with zero attached hydrogens (tertiary/aromatic N) is 4. The van der Waals surface area contributed by atoms with E-state index in [0.717, 1.165) is 49.5 Å². The number of carbonyl (C=O) groups excluding carboxylic acids is 1. The minimum Gasteiger partial charge on any atom is -0.328 e. The molecule has 7 heteroatoms. The van der Waals surface area contributed by atoms with Gasteiger partial charge < -0.3 is 9.88 Å². The molecule has 2 aromatic heterocycles. The largest absolute Gasteiger partial charge is 0.328 e.